The Bertz CT molecular complexity index is 787. The van der Waals surface area contributed by atoms with E-state index >= 15 is 0 Å². The summed E-state index contributed by atoms with van der Waals surface area (Å²) in [6.07, 6.45) is 4.92. The van der Waals surface area contributed by atoms with Crippen molar-refractivity contribution in [2.24, 2.45) is 10.9 Å². The van der Waals surface area contributed by atoms with Gasteiger partial charge in [0.2, 0.25) is 0 Å². The van der Waals surface area contributed by atoms with Gasteiger partial charge in [-0.3, -0.25) is 0 Å². The molecule has 0 N–H and O–H groups in total. The highest BCUT2D eigenvalue weighted by atomic mass is 32.2. The van der Waals surface area contributed by atoms with Crippen LogP contribution < -0.4 is 10.6 Å². The van der Waals surface area contributed by atoms with Gasteiger partial charge in [0.05, 0.1) is 16.8 Å². The van der Waals surface area contributed by atoms with E-state index in [1.165, 1.54) is 40.9 Å². The van der Waals surface area contributed by atoms with Crippen LogP contribution in [-0.2, 0) is 0 Å². The molecule has 0 saturated carbocycles. The fraction of sp³-hybridized carbons (Fsp3) is 0.353. The third-order valence-corrected chi connectivity index (χ3v) is 6.04. The molecule has 5 rings (SSSR count). The molecule has 1 aromatic rings. The van der Waals surface area contributed by atoms with E-state index < -0.39 is 0 Å². The van der Waals surface area contributed by atoms with Gasteiger partial charge in [0.15, 0.2) is 0 Å². The topological polar surface area (TPSA) is 15.6 Å². The van der Waals surface area contributed by atoms with E-state index in [4.69, 9.17) is 4.99 Å². The van der Waals surface area contributed by atoms with Crippen molar-refractivity contribution in [3.05, 3.63) is 57.2 Å². The molecule has 0 aromatic heterocycles. The monoisotopic (exact) mass is 280 g/mol. The molecule has 1 saturated heterocycles. The van der Waals surface area contributed by atoms with Gasteiger partial charge in [-0.05, 0) is 41.2 Å². The average Bonchev–Trinajstić information content (AvgIpc) is 3.08. The van der Waals surface area contributed by atoms with Gasteiger partial charge in [-0.1, -0.05) is 18.2 Å². The van der Waals surface area contributed by atoms with Gasteiger partial charge in [-0.2, -0.15) is 0 Å². The first-order valence-electron chi connectivity index (χ1n) is 7.41. The lowest BCUT2D eigenvalue weighted by molar-refractivity contribution is 0.300. The number of para-hydroxylation sites is 1. The first-order chi connectivity index (χ1) is 9.90. The molecule has 4 aliphatic rings. The van der Waals surface area contributed by atoms with Crippen LogP contribution in [-0.4, -0.2) is 23.7 Å². The fourth-order valence-electron chi connectivity index (χ4n) is 3.79. The number of hydrogen-bond acceptors (Lipinski definition) is 3. The van der Waals surface area contributed by atoms with Crippen LogP contribution in [0.15, 0.2) is 51.6 Å². The number of allylic oxidation sites excluding steroid dienone is 2. The van der Waals surface area contributed by atoms with Crippen LogP contribution in [0.5, 0.6) is 0 Å². The molecule has 1 fully saturated rings. The predicted molar refractivity (Wildman–Crippen MR) is 82.5 cm³/mol. The van der Waals surface area contributed by atoms with E-state index in [-0.39, 0.29) is 0 Å². The zero-order valence-corrected chi connectivity index (χ0v) is 12.1. The van der Waals surface area contributed by atoms with E-state index in [1.54, 1.807) is 4.91 Å². The standard InChI is InChI=1S/C17H16N2S/c1-2-4-14-12(3-1)13-5-7-19-10-11-6-8-20-16(11)9-15(19)17(13)18-14/h1-4,9,11H,5-8,10H2. The van der Waals surface area contributed by atoms with E-state index in [0.29, 0.717) is 0 Å². The molecule has 0 spiro atoms. The van der Waals surface area contributed by atoms with E-state index in [1.807, 2.05) is 11.8 Å². The van der Waals surface area contributed by atoms with Crippen molar-refractivity contribution in [2.75, 3.05) is 18.8 Å². The first kappa shape index (κ1) is 11.2. The van der Waals surface area contributed by atoms with Gasteiger partial charge < -0.3 is 4.90 Å². The van der Waals surface area contributed by atoms with Crippen LogP contribution in [0.1, 0.15) is 12.8 Å². The first-order valence-corrected chi connectivity index (χ1v) is 8.40. The summed E-state index contributed by atoms with van der Waals surface area (Å²) in [7, 11) is 0. The molecule has 1 atom stereocenters. The second kappa shape index (κ2) is 4.01. The van der Waals surface area contributed by atoms with Crippen LogP contribution in [0, 0.1) is 5.92 Å². The Morgan fingerprint density at radius 3 is 3.20 bits per heavy atom. The minimum Gasteiger partial charge on any atom is -0.369 e. The molecule has 3 heteroatoms. The predicted octanol–water partition coefficient (Wildman–Crippen LogP) is 2.04. The largest absolute Gasteiger partial charge is 0.369 e. The molecular weight excluding hydrogens is 264 g/mol. The second-order valence-electron chi connectivity index (χ2n) is 5.92. The lowest BCUT2D eigenvalue weighted by Gasteiger charge is -2.37. The highest BCUT2D eigenvalue weighted by Crippen LogP contribution is 2.44. The molecule has 0 bridgehead atoms. The maximum Gasteiger partial charge on any atom is 0.0910 e. The summed E-state index contributed by atoms with van der Waals surface area (Å²) in [5, 5.41) is 2.51. The third kappa shape index (κ3) is 1.44. The Kier molecular flexibility index (Phi) is 2.25. The molecule has 100 valence electrons. The molecule has 20 heavy (non-hydrogen) atoms. The highest BCUT2D eigenvalue weighted by molar-refractivity contribution is 8.03. The summed E-state index contributed by atoms with van der Waals surface area (Å²) >= 11 is 2.05. The second-order valence-corrected chi connectivity index (χ2v) is 7.09. The lowest BCUT2D eigenvalue weighted by atomic mass is 9.94. The number of thioether (sulfide) groups is 1. The van der Waals surface area contributed by atoms with Crippen LogP contribution in [0.2, 0.25) is 0 Å². The quantitative estimate of drug-likeness (QED) is 0.723. The van der Waals surface area contributed by atoms with Crippen LogP contribution in [0.3, 0.4) is 0 Å². The zero-order valence-electron chi connectivity index (χ0n) is 11.3. The highest BCUT2D eigenvalue weighted by Gasteiger charge is 2.34. The van der Waals surface area contributed by atoms with Crippen LogP contribution >= 0.6 is 11.8 Å². The van der Waals surface area contributed by atoms with Crippen LogP contribution in [0.25, 0.3) is 5.57 Å². The minimum atomic E-state index is 0.787. The Balaban J connectivity index is 1.77. The van der Waals surface area contributed by atoms with Crippen molar-refractivity contribution in [3.8, 4) is 0 Å². The van der Waals surface area contributed by atoms with Gasteiger partial charge in [0, 0.05) is 24.2 Å². The molecular formula is C17H16N2S. The maximum atomic E-state index is 4.92. The Morgan fingerprint density at radius 1 is 1.25 bits per heavy atom. The van der Waals surface area contributed by atoms with E-state index in [0.717, 1.165) is 24.2 Å². The normalized spacial score (nSPS) is 26.6. The molecule has 0 radical (unpaired) electrons. The van der Waals surface area contributed by atoms with Crippen molar-refractivity contribution in [2.45, 2.75) is 12.8 Å². The smallest absolute Gasteiger partial charge is 0.0910 e. The Morgan fingerprint density at radius 2 is 2.20 bits per heavy atom. The number of rotatable bonds is 0. The van der Waals surface area contributed by atoms with Gasteiger partial charge in [0.1, 0.15) is 0 Å². The van der Waals surface area contributed by atoms with Crippen molar-refractivity contribution >= 4 is 17.3 Å². The zero-order chi connectivity index (χ0) is 13.1. The molecule has 2 nitrogen and oxygen atoms in total. The molecule has 1 unspecified atom stereocenters. The minimum absolute atomic E-state index is 0.787. The average molecular weight is 280 g/mol. The summed E-state index contributed by atoms with van der Waals surface area (Å²) in [4.78, 5) is 9.08. The lowest BCUT2D eigenvalue weighted by Crippen LogP contribution is -2.36. The third-order valence-electron chi connectivity index (χ3n) is 4.82. The fourth-order valence-corrected chi connectivity index (χ4v) is 5.05. The number of hydrogen-bond donors (Lipinski definition) is 0. The Hall–Kier alpha value is -1.48. The van der Waals surface area contributed by atoms with Crippen molar-refractivity contribution in [3.63, 3.8) is 0 Å². The van der Waals surface area contributed by atoms with E-state index in [9.17, 15) is 0 Å². The number of fused-ring (bicyclic) bond motifs is 4. The number of nitrogens with zero attached hydrogens (tertiary/aromatic N) is 2. The van der Waals surface area contributed by atoms with Crippen molar-refractivity contribution in [1.29, 1.82) is 0 Å². The van der Waals surface area contributed by atoms with Gasteiger partial charge in [-0.25, -0.2) is 4.99 Å². The molecule has 4 aliphatic heterocycles. The van der Waals surface area contributed by atoms with Crippen molar-refractivity contribution < 1.29 is 0 Å². The summed E-state index contributed by atoms with van der Waals surface area (Å²) in [5.74, 6) is 2.08. The van der Waals surface area contributed by atoms with Gasteiger partial charge in [-0.15, -0.1) is 11.8 Å². The van der Waals surface area contributed by atoms with Crippen LogP contribution in [0.4, 0.5) is 0 Å². The summed E-state index contributed by atoms with van der Waals surface area (Å²) in [6, 6.07) is 8.58. The molecule has 4 heterocycles. The molecule has 0 aliphatic carbocycles. The SMILES string of the molecule is C1=C2SCCC2CN2CCC3=c4ccccc4=NC3=C12. The summed E-state index contributed by atoms with van der Waals surface area (Å²) in [5.41, 5.74) is 4.09. The summed E-state index contributed by atoms with van der Waals surface area (Å²) in [6.45, 7) is 2.36. The Labute approximate surface area is 122 Å². The van der Waals surface area contributed by atoms with E-state index in [2.05, 4.69) is 35.2 Å². The molecule has 1 aromatic carbocycles. The molecule has 0 amide bonds. The van der Waals surface area contributed by atoms with Gasteiger partial charge >= 0.3 is 0 Å². The van der Waals surface area contributed by atoms with Gasteiger partial charge in [0.25, 0.3) is 0 Å². The number of benzene rings is 1. The maximum absolute atomic E-state index is 4.92. The summed E-state index contributed by atoms with van der Waals surface area (Å²) < 4.78 is 0. The van der Waals surface area contributed by atoms with Crippen molar-refractivity contribution in [1.82, 2.24) is 4.90 Å².